The zero-order valence-corrected chi connectivity index (χ0v) is 39.8. The van der Waals surface area contributed by atoms with Crippen LogP contribution in [0.3, 0.4) is 0 Å². The second-order valence-electron chi connectivity index (χ2n) is 12.9. The van der Waals surface area contributed by atoms with Gasteiger partial charge >= 0.3 is 21.1 Å². The number of rotatable bonds is 12. The first-order chi connectivity index (χ1) is 30.7. The van der Waals surface area contributed by atoms with Crippen LogP contribution in [0, 0.1) is 0 Å². The maximum absolute atomic E-state index is 11.8. The van der Waals surface area contributed by atoms with Gasteiger partial charge in [0.15, 0.2) is 0 Å². The van der Waals surface area contributed by atoms with Gasteiger partial charge in [0.2, 0.25) is 30.4 Å². The van der Waals surface area contributed by atoms with Gasteiger partial charge in [0.05, 0.1) is 0 Å². The molecule has 0 spiro atoms. The van der Waals surface area contributed by atoms with Crippen LogP contribution in [0.15, 0.2) is 243 Å². The van der Waals surface area contributed by atoms with Gasteiger partial charge in [-0.25, -0.2) is 0 Å². The van der Waals surface area contributed by atoms with E-state index in [1.807, 2.05) is 0 Å². The van der Waals surface area contributed by atoms with Crippen LogP contribution < -0.4 is 58.9 Å². The Morgan fingerprint density at radius 3 is 0.492 bits per heavy atom. The molecule has 0 fully saturated rings. The minimum Gasteiger partial charge on any atom is -0.765 e. The van der Waals surface area contributed by atoms with Crippen molar-refractivity contribution in [3.63, 3.8) is 0 Å². The molecule has 0 N–H and O–H groups in total. The molecule has 0 bridgehead atoms. The normalized spacial score (nSPS) is 13.8. The summed E-state index contributed by atoms with van der Waals surface area (Å²) < 4.78 is 67.2. The number of para-hydroxylation sites is 4. The molecule has 8 aromatic rings. The minimum absolute atomic E-state index is 0. The molecular formula is C48H40MoO12P4. The zero-order chi connectivity index (χ0) is 45.7. The van der Waals surface area contributed by atoms with Crippen molar-refractivity contribution in [2.75, 3.05) is 0 Å². The Hall–Kier alpha value is -5.59. The first-order valence-electron chi connectivity index (χ1n) is 19.2. The van der Waals surface area contributed by atoms with E-state index in [-0.39, 0.29) is 42.3 Å². The van der Waals surface area contributed by atoms with Crippen LogP contribution in [-0.2, 0) is 39.3 Å². The number of hydrogen-bond acceptors (Lipinski definition) is 12. The summed E-state index contributed by atoms with van der Waals surface area (Å²) >= 11 is 0. The van der Waals surface area contributed by atoms with Gasteiger partial charge in [-0.2, -0.15) is 0 Å². The second kappa shape index (κ2) is 25.8. The van der Waals surface area contributed by atoms with Gasteiger partial charge in [-0.05, 0) is 97.1 Å². The molecule has 0 saturated carbocycles. The van der Waals surface area contributed by atoms with Crippen molar-refractivity contribution in [2.24, 2.45) is 0 Å². The molecule has 0 aliphatic heterocycles. The maximum atomic E-state index is 11.8. The Morgan fingerprint density at radius 2 is 0.354 bits per heavy atom. The molecule has 330 valence electrons. The van der Waals surface area contributed by atoms with Crippen LogP contribution in [0.25, 0.3) is 0 Å². The van der Waals surface area contributed by atoms with Crippen molar-refractivity contribution in [2.45, 2.75) is 0 Å². The van der Waals surface area contributed by atoms with Crippen molar-refractivity contribution in [1.29, 1.82) is 0 Å². The van der Waals surface area contributed by atoms with E-state index < -0.39 is 30.4 Å². The molecule has 8 rings (SSSR count). The Bertz CT molecular complexity index is 2380. The predicted octanol–water partition coefficient (Wildman–Crippen LogP) is 7.77. The van der Waals surface area contributed by atoms with Crippen molar-refractivity contribution < 1.29 is 77.0 Å². The monoisotopic (exact) mass is 1030 g/mol. The van der Waals surface area contributed by atoms with Crippen LogP contribution >= 0.6 is 30.4 Å². The van der Waals surface area contributed by atoms with E-state index in [1.165, 1.54) is 48.5 Å². The van der Waals surface area contributed by atoms with Crippen LogP contribution in [0.4, 0.5) is 0 Å². The fourth-order valence-electron chi connectivity index (χ4n) is 5.13. The minimum atomic E-state index is -4.02. The smallest absolute Gasteiger partial charge is 0.765 e. The van der Waals surface area contributed by atoms with Gasteiger partial charge in [-0.1, -0.05) is 146 Å². The molecule has 0 saturated heterocycles. The molecule has 0 radical (unpaired) electrons. The quantitative estimate of drug-likeness (QED) is 0.0853. The summed E-state index contributed by atoms with van der Waals surface area (Å²) in [6.07, 6.45) is 0. The molecule has 12 nitrogen and oxygen atoms in total. The van der Waals surface area contributed by atoms with E-state index in [4.69, 9.17) is 18.1 Å². The first-order valence-corrected chi connectivity index (χ1v) is 25.4. The fourth-order valence-corrected chi connectivity index (χ4v) is 9.30. The molecule has 0 aromatic heterocycles. The molecule has 65 heavy (non-hydrogen) atoms. The van der Waals surface area contributed by atoms with Gasteiger partial charge < -0.3 is 37.7 Å². The van der Waals surface area contributed by atoms with Gasteiger partial charge in [0, 0.05) is 21.2 Å². The Labute approximate surface area is 392 Å². The molecule has 0 aliphatic carbocycles. The SMILES string of the molecule is O=P([O-])(Oc1ccccc1)c1ccccc1.O=P([O-])(Oc1ccccc1)c1ccccc1.O=P([O-])(Oc1ccccc1)c1ccccc1.O=P([O-])(Oc1ccccc1)c1ccccc1.[Mo+4]. The largest absolute Gasteiger partial charge is 4.00 e. The van der Waals surface area contributed by atoms with Crippen molar-refractivity contribution >= 4 is 51.6 Å². The second-order valence-corrected chi connectivity index (χ2v) is 19.7. The van der Waals surface area contributed by atoms with Gasteiger partial charge in [-0.15, -0.1) is 0 Å². The van der Waals surface area contributed by atoms with Gasteiger partial charge in [-0.3, -0.25) is 18.3 Å². The van der Waals surface area contributed by atoms with E-state index in [1.54, 1.807) is 194 Å². The van der Waals surface area contributed by atoms with Gasteiger partial charge in [0.25, 0.3) is 0 Å². The Kier molecular flexibility index (Phi) is 20.6. The summed E-state index contributed by atoms with van der Waals surface area (Å²) in [7, 11) is -16.1. The van der Waals surface area contributed by atoms with Crippen molar-refractivity contribution in [3.8, 4) is 23.0 Å². The number of hydrogen-bond donors (Lipinski definition) is 0. The summed E-state index contributed by atoms with van der Waals surface area (Å²) in [5.74, 6) is 1.30. The zero-order valence-electron chi connectivity index (χ0n) is 34.2. The third-order valence-electron chi connectivity index (χ3n) is 8.16. The predicted molar refractivity (Wildman–Crippen MR) is 243 cm³/mol. The summed E-state index contributed by atoms with van der Waals surface area (Å²) in [5.41, 5.74) is 0. The topological polar surface area (TPSA) is 197 Å². The molecule has 17 heteroatoms. The molecule has 0 aliphatic rings. The van der Waals surface area contributed by atoms with Crippen LogP contribution in [0.1, 0.15) is 0 Å². The molecule has 4 atom stereocenters. The third-order valence-corrected chi connectivity index (χ3v) is 13.7. The van der Waals surface area contributed by atoms with E-state index in [9.17, 15) is 37.8 Å². The fraction of sp³-hybridized carbons (Fsp3) is 0. The van der Waals surface area contributed by atoms with Crippen LogP contribution in [0.2, 0.25) is 0 Å². The van der Waals surface area contributed by atoms with Crippen molar-refractivity contribution in [3.05, 3.63) is 243 Å². The molecule has 4 unspecified atom stereocenters. The third kappa shape index (κ3) is 17.7. The maximum Gasteiger partial charge on any atom is 4.00 e. The summed E-state index contributed by atoms with van der Waals surface area (Å²) in [5, 5.41) is 0.718. The van der Waals surface area contributed by atoms with Crippen LogP contribution in [0.5, 0.6) is 23.0 Å². The van der Waals surface area contributed by atoms with Gasteiger partial charge in [0.1, 0.15) is 23.0 Å². The Morgan fingerprint density at radius 1 is 0.231 bits per heavy atom. The summed E-state index contributed by atoms with van der Waals surface area (Å²) in [4.78, 5) is 47.2. The van der Waals surface area contributed by atoms with E-state index in [0.717, 1.165) is 0 Å². The number of benzene rings is 8. The summed E-state index contributed by atoms with van der Waals surface area (Å²) in [6, 6.07) is 66.2. The molecule has 0 heterocycles. The van der Waals surface area contributed by atoms with E-state index in [2.05, 4.69) is 0 Å². The first kappa shape index (κ1) is 52.0. The average molecular weight is 1030 g/mol. The van der Waals surface area contributed by atoms with E-state index >= 15 is 0 Å². The van der Waals surface area contributed by atoms with Crippen molar-refractivity contribution in [1.82, 2.24) is 0 Å². The average Bonchev–Trinajstić information content (AvgIpc) is 3.32. The summed E-state index contributed by atoms with van der Waals surface area (Å²) in [6.45, 7) is 0. The molecule has 0 amide bonds. The standard InChI is InChI=1S/4C12H11O3P.Mo/c4*13-16(14,12-9-5-2-6-10-12)15-11-7-3-1-4-8-11;/h4*1-10H,(H,13,14);/q;;;;+4/p-4. The van der Waals surface area contributed by atoms with E-state index in [0.29, 0.717) is 23.0 Å². The molecular weight excluding hydrogens is 988 g/mol. The molecule has 8 aromatic carbocycles. The van der Waals surface area contributed by atoms with Crippen LogP contribution in [-0.4, -0.2) is 0 Å². The Balaban J connectivity index is 0.000000189.